The number of aromatic nitrogens is 1. The number of halogens is 4. The fraction of sp³-hybridized carbons (Fsp3) is 0.308. The number of hydrogen-bond acceptors (Lipinski definition) is 4. The quantitative estimate of drug-likeness (QED) is 0.434. The van der Waals surface area contributed by atoms with Gasteiger partial charge in [0.2, 0.25) is 0 Å². The van der Waals surface area contributed by atoms with Crippen molar-refractivity contribution in [1.82, 2.24) is 4.98 Å². The smallest absolute Gasteiger partial charge is 0.281 e. The van der Waals surface area contributed by atoms with E-state index in [0.717, 1.165) is 12.1 Å². The fourth-order valence-corrected chi connectivity index (χ4v) is 4.62. The summed E-state index contributed by atoms with van der Waals surface area (Å²) in [5.41, 5.74) is 9.79. The van der Waals surface area contributed by atoms with Crippen LogP contribution in [0.3, 0.4) is 0 Å². The van der Waals surface area contributed by atoms with Crippen LogP contribution in [0, 0.1) is 24.1 Å². The van der Waals surface area contributed by atoms with Crippen molar-refractivity contribution in [3.63, 3.8) is 0 Å². The molecule has 0 saturated heterocycles. The molecule has 1 aromatic heterocycles. The first-order valence-corrected chi connectivity index (χ1v) is 10.9. The van der Waals surface area contributed by atoms with E-state index in [1.807, 2.05) is 6.07 Å². The zero-order valence-electron chi connectivity index (χ0n) is 18.5. The third-order valence-corrected chi connectivity index (χ3v) is 6.24. The molecule has 4 nitrogen and oxygen atoms in total. The Kier molecular flexibility index (Phi) is 6.32. The van der Waals surface area contributed by atoms with E-state index in [1.54, 1.807) is 37.3 Å². The number of nitriles is 1. The van der Waals surface area contributed by atoms with Crippen LogP contribution in [0.1, 0.15) is 58.6 Å². The Bertz CT molecular complexity index is 1290. The number of alkyl halides is 3. The third kappa shape index (κ3) is 4.36. The number of aryl methyl sites for hydroxylation is 1. The number of pyridine rings is 1. The normalized spacial score (nSPS) is 19.9. The summed E-state index contributed by atoms with van der Waals surface area (Å²) in [4.78, 5) is 4.15. The molecule has 2 atom stereocenters. The van der Waals surface area contributed by atoms with Gasteiger partial charge in [-0.2, -0.15) is 5.26 Å². The van der Waals surface area contributed by atoms with Crippen LogP contribution >= 0.6 is 0 Å². The van der Waals surface area contributed by atoms with Crippen molar-refractivity contribution >= 4 is 5.82 Å². The van der Waals surface area contributed by atoms with Gasteiger partial charge in [0.1, 0.15) is 23.9 Å². The van der Waals surface area contributed by atoms with Gasteiger partial charge in [0.15, 0.2) is 0 Å². The first-order chi connectivity index (χ1) is 16.1. The zero-order valence-corrected chi connectivity index (χ0v) is 18.5. The number of aliphatic hydroxyl groups is 1. The largest absolute Gasteiger partial charge is 0.383 e. The van der Waals surface area contributed by atoms with Crippen LogP contribution in [0.5, 0.6) is 0 Å². The molecule has 0 amide bonds. The average molecular weight is 469 g/mol. The molecule has 3 aromatic rings. The molecular formula is C26H23F4N3O. The topological polar surface area (TPSA) is 82.9 Å². The van der Waals surface area contributed by atoms with E-state index in [0.29, 0.717) is 40.7 Å². The monoisotopic (exact) mass is 469 g/mol. The number of nitrogens with zero attached hydrogens (tertiary/aromatic N) is 2. The van der Waals surface area contributed by atoms with E-state index >= 15 is 0 Å². The van der Waals surface area contributed by atoms with Gasteiger partial charge in [-0.1, -0.05) is 18.2 Å². The maximum absolute atomic E-state index is 13.7. The van der Waals surface area contributed by atoms with E-state index in [2.05, 4.69) is 4.98 Å². The molecule has 2 aliphatic rings. The highest BCUT2D eigenvalue weighted by Crippen LogP contribution is 2.47. The molecule has 176 valence electrons. The van der Waals surface area contributed by atoms with Crippen molar-refractivity contribution in [3.8, 4) is 17.2 Å². The third-order valence-electron chi connectivity index (χ3n) is 6.24. The molecule has 0 fully saturated rings. The molecule has 0 spiro atoms. The second kappa shape index (κ2) is 9.07. The molecule has 1 heterocycles. The van der Waals surface area contributed by atoms with Gasteiger partial charge in [0.25, 0.3) is 5.92 Å². The Balaban J connectivity index is 0.000000172. The average Bonchev–Trinajstić information content (AvgIpc) is 3.03. The molecule has 2 aliphatic carbocycles. The number of hydrogen-bond donors (Lipinski definition) is 2. The molecule has 0 radical (unpaired) electrons. The Morgan fingerprint density at radius 2 is 1.94 bits per heavy atom. The maximum atomic E-state index is 13.7. The van der Waals surface area contributed by atoms with Crippen LogP contribution in [-0.4, -0.2) is 16.0 Å². The minimum atomic E-state index is -3.13. The van der Waals surface area contributed by atoms with Gasteiger partial charge in [-0.25, -0.2) is 22.5 Å². The Hall–Kier alpha value is -3.44. The van der Waals surface area contributed by atoms with Crippen molar-refractivity contribution in [2.75, 3.05) is 5.73 Å². The lowest BCUT2D eigenvalue weighted by molar-refractivity contribution is -0.0966. The van der Waals surface area contributed by atoms with E-state index < -0.39 is 30.4 Å². The van der Waals surface area contributed by atoms with Crippen molar-refractivity contribution in [1.29, 1.82) is 5.26 Å². The molecule has 34 heavy (non-hydrogen) atoms. The van der Waals surface area contributed by atoms with Crippen molar-refractivity contribution in [2.24, 2.45) is 0 Å². The lowest BCUT2D eigenvalue weighted by atomic mass is 9.87. The van der Waals surface area contributed by atoms with Crippen LogP contribution in [-0.2, 0) is 12.8 Å². The number of nitrogen functional groups attached to an aromatic ring is 1. The Morgan fingerprint density at radius 3 is 2.65 bits per heavy atom. The summed E-state index contributed by atoms with van der Waals surface area (Å²) < 4.78 is 53.8. The number of nitrogens with two attached hydrogens (primary N) is 1. The lowest BCUT2D eigenvalue weighted by Crippen LogP contribution is -2.21. The highest BCUT2D eigenvalue weighted by molar-refractivity contribution is 5.78. The van der Waals surface area contributed by atoms with Gasteiger partial charge in [-0.15, -0.1) is 0 Å². The first-order valence-electron chi connectivity index (χ1n) is 10.9. The molecule has 2 aromatic carbocycles. The second-order valence-electron chi connectivity index (χ2n) is 8.60. The lowest BCUT2D eigenvalue weighted by Gasteiger charge is -2.20. The van der Waals surface area contributed by atoms with Gasteiger partial charge in [0.05, 0.1) is 11.6 Å². The second-order valence-corrected chi connectivity index (χ2v) is 8.60. The van der Waals surface area contributed by atoms with Crippen LogP contribution < -0.4 is 5.73 Å². The summed E-state index contributed by atoms with van der Waals surface area (Å²) in [5.74, 6) is -3.38. The maximum Gasteiger partial charge on any atom is 0.281 e. The minimum absolute atomic E-state index is 0.259. The molecule has 0 saturated carbocycles. The van der Waals surface area contributed by atoms with E-state index in [4.69, 9.17) is 11.0 Å². The fourth-order valence-electron chi connectivity index (χ4n) is 4.62. The minimum Gasteiger partial charge on any atom is -0.383 e. The van der Waals surface area contributed by atoms with Gasteiger partial charge in [-0.3, -0.25) is 0 Å². The molecule has 0 aliphatic heterocycles. The van der Waals surface area contributed by atoms with Crippen molar-refractivity contribution in [2.45, 2.75) is 50.8 Å². The summed E-state index contributed by atoms with van der Waals surface area (Å²) in [6.07, 6.45) is -1.51. The van der Waals surface area contributed by atoms with Crippen molar-refractivity contribution in [3.05, 3.63) is 81.8 Å². The van der Waals surface area contributed by atoms with Gasteiger partial charge in [0, 0.05) is 17.7 Å². The Morgan fingerprint density at radius 1 is 1.18 bits per heavy atom. The van der Waals surface area contributed by atoms with E-state index in [-0.39, 0.29) is 16.9 Å². The summed E-state index contributed by atoms with van der Waals surface area (Å²) in [6.45, 7) is 1.80. The van der Waals surface area contributed by atoms with Crippen LogP contribution in [0.25, 0.3) is 11.1 Å². The summed E-state index contributed by atoms with van der Waals surface area (Å²) >= 11 is 0. The number of benzene rings is 2. The highest BCUT2D eigenvalue weighted by Gasteiger charge is 2.47. The number of rotatable bonds is 1. The van der Waals surface area contributed by atoms with Crippen molar-refractivity contribution < 1.29 is 22.7 Å². The molecular weight excluding hydrogens is 446 g/mol. The van der Waals surface area contributed by atoms with Gasteiger partial charge < -0.3 is 10.8 Å². The molecule has 8 heteroatoms. The molecule has 0 bridgehead atoms. The molecule has 2 unspecified atom stereocenters. The number of aliphatic hydroxyl groups excluding tert-OH is 1. The predicted molar refractivity (Wildman–Crippen MR) is 120 cm³/mol. The van der Waals surface area contributed by atoms with Crippen LogP contribution in [0.15, 0.2) is 42.5 Å². The summed E-state index contributed by atoms with van der Waals surface area (Å²) in [5, 5.41) is 18.7. The predicted octanol–water partition coefficient (Wildman–Crippen LogP) is 5.91. The van der Waals surface area contributed by atoms with Gasteiger partial charge in [-0.05, 0) is 78.3 Å². The zero-order chi connectivity index (χ0) is 24.6. The standard InChI is InChI=1S/C15H14F2N2O.C11H9F2N/c1-8-5-6-11(14(18)19-8)10-4-2-3-9-7-15(16,17)13(20)12(9)10;12-8-4-7(6-14)9-2-1-3-11(13)10(9)5-8/h2-6,13,20H,7H2,1H3,(H2,18,19);4-5,11H,1-3H2. The number of anilines is 1. The molecule has 5 rings (SSSR count). The summed E-state index contributed by atoms with van der Waals surface area (Å²) in [6, 6.07) is 12.8. The van der Waals surface area contributed by atoms with E-state index in [9.17, 15) is 22.7 Å². The van der Waals surface area contributed by atoms with Crippen LogP contribution in [0.4, 0.5) is 23.4 Å². The SMILES string of the molecule is Cc1ccc(-c2cccc3c2C(O)C(F)(F)C3)c(N)n1.N#Cc1cc(F)cc2c1CCCC2F. The number of fused-ring (bicyclic) bond motifs is 2. The van der Waals surface area contributed by atoms with E-state index in [1.165, 1.54) is 12.1 Å². The summed E-state index contributed by atoms with van der Waals surface area (Å²) in [7, 11) is 0. The first kappa shape index (κ1) is 23.7. The van der Waals surface area contributed by atoms with Crippen LogP contribution in [0.2, 0.25) is 0 Å². The Labute approximate surface area is 194 Å². The molecule has 3 N–H and O–H groups in total. The van der Waals surface area contributed by atoms with Gasteiger partial charge >= 0.3 is 0 Å². The highest BCUT2D eigenvalue weighted by atomic mass is 19.3.